The van der Waals surface area contributed by atoms with Gasteiger partial charge < -0.3 is 0 Å². The zero-order valence-corrected chi connectivity index (χ0v) is 12.6. The van der Waals surface area contributed by atoms with Gasteiger partial charge in [0.2, 0.25) is 0 Å². The van der Waals surface area contributed by atoms with E-state index in [1.165, 1.54) is 25.7 Å². The van der Waals surface area contributed by atoms with Gasteiger partial charge in [-0.3, -0.25) is 4.79 Å². The van der Waals surface area contributed by atoms with Crippen LogP contribution in [0.2, 0.25) is 0 Å². The fourth-order valence-electron chi connectivity index (χ4n) is 3.61. The average Bonchev–Trinajstić information content (AvgIpc) is 3.07. The molecule has 3 rings (SSSR count). The Balaban J connectivity index is 1.87. The molecule has 0 amide bonds. The van der Waals surface area contributed by atoms with Crippen molar-refractivity contribution in [1.82, 2.24) is 0 Å². The van der Waals surface area contributed by atoms with Crippen molar-refractivity contribution in [3.63, 3.8) is 0 Å². The highest BCUT2D eigenvalue weighted by Crippen LogP contribution is 2.56. The van der Waals surface area contributed by atoms with E-state index in [2.05, 4.69) is 35.0 Å². The van der Waals surface area contributed by atoms with E-state index in [4.69, 9.17) is 0 Å². The number of hydrogen-bond acceptors (Lipinski definition) is 1. The van der Waals surface area contributed by atoms with E-state index in [0.717, 1.165) is 21.2 Å². The lowest BCUT2D eigenvalue weighted by molar-refractivity contribution is 0.0955. The summed E-state index contributed by atoms with van der Waals surface area (Å²) in [5, 5.41) is 0. The van der Waals surface area contributed by atoms with Crippen molar-refractivity contribution in [2.75, 3.05) is 0 Å². The molecule has 2 fully saturated rings. The van der Waals surface area contributed by atoms with Gasteiger partial charge in [0, 0.05) is 16.0 Å². The first kappa shape index (κ1) is 12.4. The first-order valence-corrected chi connectivity index (χ1v) is 7.70. The van der Waals surface area contributed by atoms with Crippen LogP contribution in [0.25, 0.3) is 0 Å². The Morgan fingerprint density at radius 2 is 1.72 bits per heavy atom. The molecule has 96 valence electrons. The number of ketones is 1. The molecule has 0 spiro atoms. The highest BCUT2D eigenvalue weighted by Gasteiger charge is 2.54. The Labute approximate surface area is 117 Å². The van der Waals surface area contributed by atoms with Gasteiger partial charge in [-0.2, -0.15) is 0 Å². The molecule has 0 saturated heterocycles. The largest absolute Gasteiger partial charge is 0.294 e. The highest BCUT2D eigenvalue weighted by atomic mass is 79.9. The second kappa shape index (κ2) is 4.48. The molecule has 2 unspecified atom stereocenters. The molecular formula is C16H19BrO. The number of fused-ring (bicyclic) bond motifs is 1. The number of aryl methyl sites for hydroxylation is 2. The summed E-state index contributed by atoms with van der Waals surface area (Å²) >= 11 is 3.53. The molecule has 2 saturated carbocycles. The smallest absolute Gasteiger partial charge is 0.166 e. The minimum atomic E-state index is 0.340. The molecular weight excluding hydrogens is 288 g/mol. The van der Waals surface area contributed by atoms with Crippen molar-refractivity contribution in [1.29, 1.82) is 0 Å². The monoisotopic (exact) mass is 306 g/mol. The summed E-state index contributed by atoms with van der Waals surface area (Å²) in [7, 11) is 0. The van der Waals surface area contributed by atoms with E-state index in [1.807, 2.05) is 6.92 Å². The molecule has 2 aliphatic carbocycles. The molecule has 18 heavy (non-hydrogen) atoms. The summed E-state index contributed by atoms with van der Waals surface area (Å²) in [5.74, 6) is 2.15. The normalized spacial score (nSPS) is 29.8. The molecule has 2 aliphatic rings. The molecule has 2 heteroatoms. The van der Waals surface area contributed by atoms with Crippen molar-refractivity contribution in [3.05, 3.63) is 33.3 Å². The number of hydrogen-bond donors (Lipinski definition) is 0. The maximum absolute atomic E-state index is 12.6. The van der Waals surface area contributed by atoms with Crippen LogP contribution in [0, 0.1) is 31.6 Å². The van der Waals surface area contributed by atoms with Crippen LogP contribution in [0.4, 0.5) is 0 Å². The van der Waals surface area contributed by atoms with E-state index >= 15 is 0 Å². The molecule has 0 radical (unpaired) electrons. The highest BCUT2D eigenvalue weighted by molar-refractivity contribution is 9.10. The lowest BCUT2D eigenvalue weighted by Gasteiger charge is -2.08. The van der Waals surface area contributed by atoms with Crippen molar-refractivity contribution < 1.29 is 4.79 Å². The lowest BCUT2D eigenvalue weighted by Crippen LogP contribution is -2.07. The van der Waals surface area contributed by atoms with Gasteiger partial charge in [0.1, 0.15) is 0 Å². The molecule has 0 heterocycles. The number of Topliss-reactive ketones (excluding diaryl/α,β-unsaturated/α-hetero) is 1. The van der Waals surface area contributed by atoms with Crippen LogP contribution in [0.1, 0.15) is 47.2 Å². The molecule has 2 atom stereocenters. The standard InChI is InChI=1S/C16H19BrO/c1-9-8-14(17)10(2)7-13(9)16(18)15-11-5-3-4-6-12(11)15/h7-8,11-12,15H,3-6H2,1-2H3. The van der Waals surface area contributed by atoms with Crippen LogP contribution in [-0.2, 0) is 0 Å². The van der Waals surface area contributed by atoms with Gasteiger partial charge in [-0.1, -0.05) is 28.8 Å². The molecule has 0 N–H and O–H groups in total. The van der Waals surface area contributed by atoms with E-state index < -0.39 is 0 Å². The number of carbonyl (C=O) groups excluding carboxylic acids is 1. The molecule has 0 bridgehead atoms. The van der Waals surface area contributed by atoms with Gasteiger partial charge in [-0.05, 0) is 61.8 Å². The Kier molecular flexibility index (Phi) is 3.09. The topological polar surface area (TPSA) is 17.1 Å². The van der Waals surface area contributed by atoms with Gasteiger partial charge in [0.15, 0.2) is 5.78 Å². The number of halogens is 1. The predicted octanol–water partition coefficient (Wildman–Crippen LogP) is 4.68. The molecule has 0 aromatic heterocycles. The third kappa shape index (κ3) is 1.95. The van der Waals surface area contributed by atoms with Crippen LogP contribution in [0.3, 0.4) is 0 Å². The second-order valence-corrected chi connectivity index (χ2v) is 6.77. The molecule has 1 aromatic carbocycles. The number of benzene rings is 1. The van der Waals surface area contributed by atoms with Gasteiger partial charge in [0.25, 0.3) is 0 Å². The minimum absolute atomic E-state index is 0.340. The lowest BCUT2D eigenvalue weighted by atomic mass is 9.98. The fourth-order valence-corrected chi connectivity index (χ4v) is 4.07. The predicted molar refractivity (Wildman–Crippen MR) is 76.9 cm³/mol. The zero-order chi connectivity index (χ0) is 12.9. The summed E-state index contributed by atoms with van der Waals surface area (Å²) in [6.45, 7) is 4.10. The summed E-state index contributed by atoms with van der Waals surface area (Å²) in [5.41, 5.74) is 3.23. The van der Waals surface area contributed by atoms with Gasteiger partial charge >= 0.3 is 0 Å². The summed E-state index contributed by atoms with van der Waals surface area (Å²) in [6, 6.07) is 4.14. The number of rotatable bonds is 2. The summed E-state index contributed by atoms with van der Waals surface area (Å²) < 4.78 is 1.10. The van der Waals surface area contributed by atoms with Gasteiger partial charge in [-0.25, -0.2) is 0 Å². The first-order chi connectivity index (χ1) is 8.59. The first-order valence-electron chi connectivity index (χ1n) is 6.90. The summed E-state index contributed by atoms with van der Waals surface area (Å²) in [6.07, 6.45) is 5.19. The minimum Gasteiger partial charge on any atom is -0.294 e. The maximum Gasteiger partial charge on any atom is 0.166 e. The van der Waals surface area contributed by atoms with Crippen molar-refractivity contribution in [2.24, 2.45) is 17.8 Å². The Morgan fingerprint density at radius 3 is 2.33 bits per heavy atom. The zero-order valence-electron chi connectivity index (χ0n) is 11.0. The quantitative estimate of drug-likeness (QED) is 0.725. The van der Waals surface area contributed by atoms with Crippen LogP contribution in [0.5, 0.6) is 0 Å². The Hall–Kier alpha value is -0.630. The van der Waals surface area contributed by atoms with E-state index in [-0.39, 0.29) is 0 Å². The van der Waals surface area contributed by atoms with Crippen LogP contribution in [0.15, 0.2) is 16.6 Å². The Bertz CT molecular complexity index is 494. The molecule has 0 aliphatic heterocycles. The van der Waals surface area contributed by atoms with Crippen molar-refractivity contribution >= 4 is 21.7 Å². The number of carbonyl (C=O) groups is 1. The molecule has 1 nitrogen and oxygen atoms in total. The van der Waals surface area contributed by atoms with Gasteiger partial charge in [0.05, 0.1) is 0 Å². The van der Waals surface area contributed by atoms with E-state index in [0.29, 0.717) is 23.5 Å². The average molecular weight is 307 g/mol. The van der Waals surface area contributed by atoms with Crippen molar-refractivity contribution in [3.8, 4) is 0 Å². The maximum atomic E-state index is 12.6. The van der Waals surface area contributed by atoms with E-state index in [1.54, 1.807) is 0 Å². The van der Waals surface area contributed by atoms with Crippen LogP contribution >= 0.6 is 15.9 Å². The van der Waals surface area contributed by atoms with Gasteiger partial charge in [-0.15, -0.1) is 0 Å². The van der Waals surface area contributed by atoms with E-state index in [9.17, 15) is 4.79 Å². The SMILES string of the molecule is Cc1cc(C(=O)C2C3CCCCC32)c(C)cc1Br. The van der Waals surface area contributed by atoms with Crippen LogP contribution < -0.4 is 0 Å². The Morgan fingerprint density at radius 1 is 1.11 bits per heavy atom. The fraction of sp³-hybridized carbons (Fsp3) is 0.562. The second-order valence-electron chi connectivity index (χ2n) is 5.92. The third-order valence-corrected chi connectivity index (χ3v) is 5.58. The molecule has 1 aromatic rings. The van der Waals surface area contributed by atoms with Crippen LogP contribution in [-0.4, -0.2) is 5.78 Å². The third-order valence-electron chi connectivity index (χ3n) is 4.73. The summed E-state index contributed by atoms with van der Waals surface area (Å²) in [4.78, 5) is 12.6. The van der Waals surface area contributed by atoms with Crippen molar-refractivity contribution in [2.45, 2.75) is 39.5 Å².